The van der Waals surface area contributed by atoms with E-state index in [9.17, 15) is 0 Å². The minimum Gasteiger partial charge on any atom is -0.0587 e. The minimum absolute atomic E-state index is 0.0228. The Morgan fingerprint density at radius 2 is 0.338 bits per heavy atom. The van der Waals surface area contributed by atoms with E-state index < -0.39 is 0 Å². The molecule has 7 aromatic carbocycles. The average Bonchev–Trinajstić information content (AvgIpc) is 3.34. The van der Waals surface area contributed by atoms with E-state index in [0.29, 0.717) is 11.8 Å². The molecule has 0 nitrogen and oxygen atoms in total. The Kier molecular flexibility index (Phi) is 17.2. The van der Waals surface area contributed by atoms with E-state index in [1.807, 2.05) is 0 Å². The van der Waals surface area contributed by atoms with Gasteiger partial charge in [0.1, 0.15) is 0 Å². The molecule has 0 aliphatic heterocycles. The molecule has 0 heteroatoms. The summed E-state index contributed by atoms with van der Waals surface area (Å²) in [5.41, 5.74) is 25.1. The zero-order valence-electron chi connectivity index (χ0n) is 52.4. The molecule has 0 aromatic heterocycles. The third kappa shape index (κ3) is 13.2. The van der Waals surface area contributed by atoms with Crippen LogP contribution < -0.4 is 0 Å². The van der Waals surface area contributed by atoms with Crippen LogP contribution in [-0.4, -0.2) is 0 Å². The molecule has 0 bridgehead atoms. The Hall–Kier alpha value is -5.46. The summed E-state index contributed by atoms with van der Waals surface area (Å²) < 4.78 is 0. The van der Waals surface area contributed by atoms with E-state index >= 15 is 0 Å². The monoisotopic (exact) mass is 1020 g/mol. The van der Waals surface area contributed by atoms with Gasteiger partial charge in [0.05, 0.1) is 0 Å². The van der Waals surface area contributed by atoms with Gasteiger partial charge >= 0.3 is 0 Å². The van der Waals surface area contributed by atoms with Gasteiger partial charge in [-0.25, -0.2) is 0 Å². The molecule has 0 amide bonds. The van der Waals surface area contributed by atoms with E-state index in [-0.39, 0.29) is 56.7 Å². The SMILES string of the molecule is CC(C)c1cc(C(C)C)c(C(c2ccc(C(C)(C)C)cc2)c2cc(C(c3ccc(C(C)(C)C)cc3)c3ccc(C(C)(C)C)cc3)c(C(C)C)cc2C(C)C)cc1C(c1ccc(C(C)(C)C)cc1)c1ccc(C(C)(C)C)cc1. The fraction of sp³-hybridized carbons (Fsp3) is 0.455. The highest BCUT2D eigenvalue weighted by atomic mass is 14.4. The van der Waals surface area contributed by atoms with Crippen LogP contribution in [0.5, 0.6) is 0 Å². The molecule has 408 valence electrons. The van der Waals surface area contributed by atoms with E-state index in [2.05, 4.69) is 305 Å². The van der Waals surface area contributed by atoms with E-state index in [0.717, 1.165) is 0 Å². The molecule has 0 spiro atoms. The predicted octanol–water partition coefficient (Wildman–Crippen LogP) is 22.2. The first-order valence-corrected chi connectivity index (χ1v) is 29.5. The molecule has 0 saturated carbocycles. The van der Waals surface area contributed by atoms with Gasteiger partial charge in [0.25, 0.3) is 0 Å². The van der Waals surface area contributed by atoms with Gasteiger partial charge in [0, 0.05) is 17.8 Å². The molecule has 0 N–H and O–H groups in total. The Balaban J connectivity index is 1.63. The zero-order chi connectivity index (χ0) is 56.9. The van der Waals surface area contributed by atoms with Crippen LogP contribution in [0.25, 0.3) is 0 Å². The third-order valence-electron chi connectivity index (χ3n) is 16.9. The Morgan fingerprint density at radius 3 is 0.494 bits per heavy atom. The average molecular weight is 1030 g/mol. The second-order valence-corrected chi connectivity index (χ2v) is 29.5. The Labute approximate surface area is 471 Å². The third-order valence-corrected chi connectivity index (χ3v) is 16.9. The van der Waals surface area contributed by atoms with Crippen molar-refractivity contribution in [3.05, 3.63) is 246 Å². The summed E-state index contributed by atoms with van der Waals surface area (Å²) in [7, 11) is 0. The topological polar surface area (TPSA) is 0 Å². The van der Waals surface area contributed by atoms with Gasteiger partial charge in [-0.2, -0.15) is 0 Å². The first-order valence-electron chi connectivity index (χ1n) is 29.5. The van der Waals surface area contributed by atoms with E-state index in [4.69, 9.17) is 0 Å². The fourth-order valence-electron chi connectivity index (χ4n) is 11.8. The number of benzene rings is 7. The van der Waals surface area contributed by atoms with Crippen molar-refractivity contribution >= 4 is 0 Å². The van der Waals surface area contributed by atoms with Crippen LogP contribution >= 0.6 is 0 Å². The van der Waals surface area contributed by atoms with Crippen molar-refractivity contribution in [3.63, 3.8) is 0 Å². The molecule has 7 aromatic rings. The van der Waals surface area contributed by atoms with Crippen molar-refractivity contribution in [3.8, 4) is 0 Å². The maximum absolute atomic E-state index is 2.71. The van der Waals surface area contributed by atoms with Crippen molar-refractivity contribution in [1.29, 1.82) is 0 Å². The van der Waals surface area contributed by atoms with Gasteiger partial charge in [0.2, 0.25) is 0 Å². The van der Waals surface area contributed by atoms with Gasteiger partial charge in [0.15, 0.2) is 0 Å². The van der Waals surface area contributed by atoms with Gasteiger partial charge in [-0.1, -0.05) is 305 Å². The van der Waals surface area contributed by atoms with Crippen molar-refractivity contribution < 1.29 is 0 Å². The summed E-state index contributed by atoms with van der Waals surface area (Å²) in [6, 6.07) is 59.1. The first kappa shape index (κ1) is 59.2. The summed E-state index contributed by atoms with van der Waals surface area (Å²) in [6.45, 7) is 54.2. The highest BCUT2D eigenvalue weighted by Crippen LogP contribution is 2.49. The lowest BCUT2D eigenvalue weighted by atomic mass is 9.70. The summed E-state index contributed by atoms with van der Waals surface area (Å²) in [5, 5.41) is 0. The van der Waals surface area contributed by atoms with E-state index in [1.165, 1.54) is 100 Å². The van der Waals surface area contributed by atoms with Gasteiger partial charge in [-0.3, -0.25) is 0 Å². The largest absolute Gasteiger partial charge is 0.0587 e. The molecule has 0 aliphatic carbocycles. The Morgan fingerprint density at radius 1 is 0.195 bits per heavy atom. The summed E-state index contributed by atoms with van der Waals surface area (Å²) in [5.74, 6) is 1.21. The predicted molar refractivity (Wildman–Crippen MR) is 338 cm³/mol. The van der Waals surface area contributed by atoms with Crippen LogP contribution in [0.4, 0.5) is 0 Å². The van der Waals surface area contributed by atoms with Crippen LogP contribution in [0.1, 0.15) is 301 Å². The molecular weight excluding hydrogens is 925 g/mol. The molecule has 0 unspecified atom stereocenters. The van der Waals surface area contributed by atoms with Crippen LogP contribution in [0.2, 0.25) is 0 Å². The molecule has 0 radical (unpaired) electrons. The highest BCUT2D eigenvalue weighted by Gasteiger charge is 2.33. The lowest BCUT2D eigenvalue weighted by Gasteiger charge is -2.33. The number of rotatable bonds is 13. The van der Waals surface area contributed by atoms with Crippen LogP contribution in [-0.2, 0) is 27.1 Å². The second-order valence-electron chi connectivity index (χ2n) is 29.5. The number of hydrogen-bond donors (Lipinski definition) is 0. The maximum Gasteiger partial charge on any atom is 0.0345 e. The van der Waals surface area contributed by atoms with Crippen LogP contribution in [0.3, 0.4) is 0 Å². The number of hydrogen-bond acceptors (Lipinski definition) is 0. The molecular formula is C77H100. The highest BCUT2D eigenvalue weighted by molar-refractivity contribution is 5.61. The first-order chi connectivity index (χ1) is 35.7. The molecule has 7 rings (SSSR count). The summed E-state index contributed by atoms with van der Waals surface area (Å²) in [4.78, 5) is 0. The summed E-state index contributed by atoms with van der Waals surface area (Å²) in [6.07, 6.45) is 0. The Bertz CT molecular complexity index is 2770. The van der Waals surface area contributed by atoms with Crippen molar-refractivity contribution in [2.45, 2.75) is 228 Å². The summed E-state index contributed by atoms with van der Waals surface area (Å²) >= 11 is 0. The lowest BCUT2D eigenvalue weighted by Crippen LogP contribution is -2.18. The van der Waals surface area contributed by atoms with Crippen molar-refractivity contribution in [2.24, 2.45) is 0 Å². The van der Waals surface area contributed by atoms with Crippen molar-refractivity contribution in [1.82, 2.24) is 0 Å². The smallest absolute Gasteiger partial charge is 0.0345 e. The van der Waals surface area contributed by atoms with Gasteiger partial charge in [-0.05, 0) is 151 Å². The molecule has 0 atom stereocenters. The van der Waals surface area contributed by atoms with Crippen molar-refractivity contribution in [2.75, 3.05) is 0 Å². The molecule has 77 heavy (non-hydrogen) atoms. The minimum atomic E-state index is -0.0434. The maximum atomic E-state index is 2.71. The normalized spacial score (nSPS) is 13.2. The van der Waals surface area contributed by atoms with Crippen LogP contribution in [0.15, 0.2) is 146 Å². The molecule has 0 fully saturated rings. The molecule has 0 heterocycles. The van der Waals surface area contributed by atoms with Crippen LogP contribution in [0, 0.1) is 0 Å². The lowest BCUT2D eigenvalue weighted by molar-refractivity contribution is 0.589. The zero-order valence-corrected chi connectivity index (χ0v) is 52.4. The van der Waals surface area contributed by atoms with Gasteiger partial charge in [-0.15, -0.1) is 0 Å². The standard InChI is InChI=1S/C77H100/c1-48(2)62-44-64(50(5)6)68(46-66(62)70(52-24-34-57(35-25-52)73(9,10)11)53-26-36-58(37-27-53)74(12,13)14)72(56-32-42-61(43-33-56)77(21,22)23)69-47-67(63(49(3)4)45-65(69)51(7)8)71(54-28-38-59(39-29-54)75(15,16)17)55-30-40-60(41-31-55)76(18,19)20/h24-51,70-72H,1-23H3. The fourth-order valence-corrected chi connectivity index (χ4v) is 11.8. The second kappa shape index (κ2) is 22.4. The van der Waals surface area contributed by atoms with Gasteiger partial charge < -0.3 is 0 Å². The molecule has 0 aliphatic rings. The molecule has 0 saturated heterocycles. The quantitative estimate of drug-likeness (QED) is 0.101. The van der Waals surface area contributed by atoms with E-state index in [1.54, 1.807) is 0 Å².